The van der Waals surface area contributed by atoms with Crippen LogP contribution < -0.4 is 16.0 Å². The van der Waals surface area contributed by atoms with Crippen molar-refractivity contribution in [3.8, 4) is 0 Å². The molecular weight excluding hydrogens is 419 g/mol. The quantitative estimate of drug-likeness (QED) is 0.357. The first-order chi connectivity index (χ1) is 11.1. The standard InChI is InChI=1S/C17H26N4O2.HI/c1-3-18-16(20-13-17(2)10-7-11-23-17)19-12-15(22)21-14-8-5-4-6-9-14;/h4-6,8-9H,3,7,10-13H2,1-2H3,(H,21,22)(H2,18,19,20);1H. The van der Waals surface area contributed by atoms with E-state index in [2.05, 4.69) is 27.9 Å². The predicted octanol–water partition coefficient (Wildman–Crippen LogP) is 2.37. The summed E-state index contributed by atoms with van der Waals surface area (Å²) in [7, 11) is 0. The van der Waals surface area contributed by atoms with Crippen molar-refractivity contribution in [1.29, 1.82) is 0 Å². The molecule has 0 radical (unpaired) electrons. The summed E-state index contributed by atoms with van der Waals surface area (Å²) in [5, 5.41) is 9.22. The van der Waals surface area contributed by atoms with E-state index in [0.717, 1.165) is 31.7 Å². The minimum Gasteiger partial charge on any atom is -0.373 e. The molecule has 1 saturated heterocycles. The highest BCUT2D eigenvalue weighted by molar-refractivity contribution is 14.0. The minimum absolute atomic E-state index is 0. The van der Waals surface area contributed by atoms with Crippen LogP contribution in [-0.4, -0.2) is 43.7 Å². The number of amides is 1. The molecule has 1 atom stereocenters. The summed E-state index contributed by atoms with van der Waals surface area (Å²) < 4.78 is 5.75. The van der Waals surface area contributed by atoms with Crippen LogP contribution in [0.4, 0.5) is 5.69 Å². The summed E-state index contributed by atoms with van der Waals surface area (Å²) in [6, 6.07) is 9.37. The highest BCUT2D eigenvalue weighted by Gasteiger charge is 2.29. The Bertz CT molecular complexity index is 531. The lowest BCUT2D eigenvalue weighted by Gasteiger charge is -2.24. The minimum atomic E-state index is -0.150. The van der Waals surface area contributed by atoms with E-state index >= 15 is 0 Å². The van der Waals surface area contributed by atoms with Crippen molar-refractivity contribution in [1.82, 2.24) is 10.6 Å². The first kappa shape index (κ1) is 20.7. The molecule has 1 fully saturated rings. The molecule has 1 aromatic rings. The van der Waals surface area contributed by atoms with E-state index < -0.39 is 0 Å². The number of ether oxygens (including phenoxy) is 1. The number of aliphatic imine (C=N–C) groups is 1. The van der Waals surface area contributed by atoms with E-state index in [-0.39, 0.29) is 42.0 Å². The molecule has 2 rings (SSSR count). The zero-order valence-electron chi connectivity index (χ0n) is 14.3. The molecule has 1 aromatic carbocycles. The third-order valence-corrected chi connectivity index (χ3v) is 3.71. The highest BCUT2D eigenvalue weighted by atomic mass is 127. The van der Waals surface area contributed by atoms with Gasteiger partial charge in [-0.15, -0.1) is 24.0 Å². The number of halogens is 1. The summed E-state index contributed by atoms with van der Waals surface area (Å²) in [5.74, 6) is 0.490. The SMILES string of the molecule is CCNC(=NCC(=O)Nc1ccccc1)NCC1(C)CCCO1.I. The molecular formula is C17H27IN4O2. The van der Waals surface area contributed by atoms with Gasteiger partial charge in [0.2, 0.25) is 5.91 Å². The zero-order chi connectivity index (χ0) is 16.5. The van der Waals surface area contributed by atoms with Crippen molar-refractivity contribution in [2.75, 3.05) is 31.6 Å². The van der Waals surface area contributed by atoms with Crippen LogP contribution in [-0.2, 0) is 9.53 Å². The maximum atomic E-state index is 11.9. The molecule has 1 amide bonds. The number of nitrogens with zero attached hydrogens (tertiary/aromatic N) is 1. The molecule has 1 unspecified atom stereocenters. The molecule has 1 aliphatic heterocycles. The van der Waals surface area contributed by atoms with Gasteiger partial charge in [-0.1, -0.05) is 18.2 Å². The molecule has 1 aliphatic rings. The second kappa shape index (κ2) is 10.5. The second-order valence-corrected chi connectivity index (χ2v) is 5.86. The monoisotopic (exact) mass is 446 g/mol. The van der Waals surface area contributed by atoms with Gasteiger partial charge in [-0.25, -0.2) is 4.99 Å². The molecule has 0 spiro atoms. The van der Waals surface area contributed by atoms with E-state index in [9.17, 15) is 4.79 Å². The normalized spacial score (nSPS) is 20.2. The number of rotatable bonds is 6. The van der Waals surface area contributed by atoms with Crippen molar-refractivity contribution in [2.24, 2.45) is 4.99 Å². The van der Waals surface area contributed by atoms with Crippen LogP contribution >= 0.6 is 24.0 Å². The molecule has 24 heavy (non-hydrogen) atoms. The number of nitrogens with one attached hydrogen (secondary N) is 3. The molecule has 0 bridgehead atoms. The van der Waals surface area contributed by atoms with Crippen molar-refractivity contribution in [2.45, 2.75) is 32.3 Å². The van der Waals surface area contributed by atoms with Crippen LogP contribution in [0.25, 0.3) is 0 Å². The van der Waals surface area contributed by atoms with E-state index in [1.165, 1.54) is 0 Å². The fourth-order valence-electron chi connectivity index (χ4n) is 2.46. The Morgan fingerprint density at radius 3 is 2.67 bits per heavy atom. The van der Waals surface area contributed by atoms with E-state index in [0.29, 0.717) is 12.5 Å². The summed E-state index contributed by atoms with van der Waals surface area (Å²) >= 11 is 0. The number of carbonyl (C=O) groups excluding carboxylic acids is 1. The molecule has 0 saturated carbocycles. The number of benzene rings is 1. The largest absolute Gasteiger partial charge is 0.373 e. The van der Waals surface area contributed by atoms with Crippen molar-refractivity contribution >= 4 is 41.5 Å². The van der Waals surface area contributed by atoms with Gasteiger partial charge >= 0.3 is 0 Å². The van der Waals surface area contributed by atoms with Gasteiger partial charge in [0.15, 0.2) is 5.96 Å². The van der Waals surface area contributed by atoms with Gasteiger partial charge in [-0.2, -0.15) is 0 Å². The maximum absolute atomic E-state index is 11.9. The van der Waals surface area contributed by atoms with Crippen LogP contribution in [0.3, 0.4) is 0 Å². The first-order valence-electron chi connectivity index (χ1n) is 8.12. The smallest absolute Gasteiger partial charge is 0.246 e. The summed E-state index contributed by atoms with van der Waals surface area (Å²) in [6.45, 7) is 6.39. The van der Waals surface area contributed by atoms with E-state index in [4.69, 9.17) is 4.74 Å². The molecule has 0 aromatic heterocycles. The number of para-hydroxylation sites is 1. The molecule has 6 nitrogen and oxygen atoms in total. The molecule has 0 aliphatic carbocycles. The molecule has 134 valence electrons. The van der Waals surface area contributed by atoms with Gasteiger partial charge < -0.3 is 20.7 Å². The molecule has 7 heteroatoms. The van der Waals surface area contributed by atoms with Crippen LogP contribution in [0.5, 0.6) is 0 Å². The Labute approximate surface area is 160 Å². The number of guanidine groups is 1. The lowest BCUT2D eigenvalue weighted by Crippen LogP contribution is -2.45. The number of hydrogen-bond donors (Lipinski definition) is 3. The Hall–Kier alpha value is -1.35. The summed E-state index contributed by atoms with van der Waals surface area (Å²) in [5.41, 5.74) is 0.625. The average molecular weight is 446 g/mol. The third-order valence-electron chi connectivity index (χ3n) is 3.71. The van der Waals surface area contributed by atoms with Gasteiger partial charge in [-0.3, -0.25) is 4.79 Å². The second-order valence-electron chi connectivity index (χ2n) is 5.86. The number of carbonyl (C=O) groups is 1. The fraction of sp³-hybridized carbons (Fsp3) is 0.529. The number of anilines is 1. The van der Waals surface area contributed by atoms with Gasteiger partial charge in [0.05, 0.1) is 5.60 Å². The highest BCUT2D eigenvalue weighted by Crippen LogP contribution is 2.23. The van der Waals surface area contributed by atoms with Gasteiger partial charge in [0.25, 0.3) is 0 Å². The predicted molar refractivity (Wildman–Crippen MR) is 108 cm³/mol. The van der Waals surface area contributed by atoms with E-state index in [1.807, 2.05) is 37.3 Å². The maximum Gasteiger partial charge on any atom is 0.246 e. The molecule has 3 N–H and O–H groups in total. The average Bonchev–Trinajstić information content (AvgIpc) is 2.98. The Morgan fingerprint density at radius 2 is 2.04 bits per heavy atom. The van der Waals surface area contributed by atoms with Crippen molar-refractivity contribution < 1.29 is 9.53 Å². The third kappa shape index (κ3) is 7.04. The van der Waals surface area contributed by atoms with Gasteiger partial charge in [-0.05, 0) is 38.8 Å². The van der Waals surface area contributed by atoms with Crippen LogP contribution in [0.15, 0.2) is 35.3 Å². The van der Waals surface area contributed by atoms with Crippen LogP contribution in [0.2, 0.25) is 0 Å². The van der Waals surface area contributed by atoms with Crippen LogP contribution in [0, 0.1) is 0 Å². The van der Waals surface area contributed by atoms with Gasteiger partial charge in [0, 0.05) is 25.4 Å². The zero-order valence-corrected chi connectivity index (χ0v) is 16.6. The summed E-state index contributed by atoms with van der Waals surface area (Å²) in [6.07, 6.45) is 2.12. The lowest BCUT2D eigenvalue weighted by molar-refractivity contribution is -0.114. The summed E-state index contributed by atoms with van der Waals surface area (Å²) in [4.78, 5) is 16.3. The fourth-order valence-corrected chi connectivity index (χ4v) is 2.46. The Morgan fingerprint density at radius 1 is 1.29 bits per heavy atom. The topological polar surface area (TPSA) is 74.8 Å². The van der Waals surface area contributed by atoms with Crippen molar-refractivity contribution in [3.63, 3.8) is 0 Å². The van der Waals surface area contributed by atoms with Crippen molar-refractivity contribution in [3.05, 3.63) is 30.3 Å². The Kier molecular flexibility index (Phi) is 9.05. The first-order valence-corrected chi connectivity index (χ1v) is 8.12. The Balaban J connectivity index is 0.00000288. The van der Waals surface area contributed by atoms with Crippen LogP contribution in [0.1, 0.15) is 26.7 Å². The van der Waals surface area contributed by atoms with E-state index in [1.54, 1.807) is 0 Å². The lowest BCUT2D eigenvalue weighted by atomic mass is 10.0. The molecule has 1 heterocycles. The van der Waals surface area contributed by atoms with Gasteiger partial charge in [0.1, 0.15) is 6.54 Å². The number of hydrogen-bond acceptors (Lipinski definition) is 3.